The average molecular weight is 387 g/mol. The molecule has 3 rings (SSSR count). The zero-order chi connectivity index (χ0) is 20.3. The predicted molar refractivity (Wildman–Crippen MR) is 98.3 cm³/mol. The summed E-state index contributed by atoms with van der Waals surface area (Å²) in [5.74, 6) is -0.548. The van der Waals surface area contributed by atoms with Crippen molar-refractivity contribution in [2.24, 2.45) is 0 Å². The average Bonchev–Trinajstić information content (AvgIpc) is 3.00. The quantitative estimate of drug-likeness (QED) is 0.600. The van der Waals surface area contributed by atoms with Gasteiger partial charge < -0.3 is 23.9 Å². The number of carbonyl (C=O) groups excluding carboxylic acids is 3. The van der Waals surface area contributed by atoms with Gasteiger partial charge in [0.05, 0.1) is 12.2 Å². The second-order valence-corrected chi connectivity index (χ2v) is 6.20. The molecule has 1 aromatic heterocycles. The lowest BCUT2D eigenvalue weighted by Crippen LogP contribution is -2.18. The Balaban J connectivity index is 1.69. The standard InChI is InChI=1S/C20H21NO7/c1-4-25-20(24)18-11(2)17(12(3)21-18)19(23)28-10-14(22)13-5-6-15-16(9-13)27-8-7-26-15/h5-6,9,21H,4,7-8,10H2,1-3H3. The number of ketones is 1. The summed E-state index contributed by atoms with van der Waals surface area (Å²) >= 11 is 0. The third-order valence-corrected chi connectivity index (χ3v) is 4.32. The number of hydrogen-bond acceptors (Lipinski definition) is 7. The van der Waals surface area contributed by atoms with Gasteiger partial charge >= 0.3 is 11.9 Å². The van der Waals surface area contributed by atoms with Crippen LogP contribution in [-0.2, 0) is 9.47 Å². The third-order valence-electron chi connectivity index (χ3n) is 4.32. The van der Waals surface area contributed by atoms with Gasteiger partial charge in [0.15, 0.2) is 23.9 Å². The predicted octanol–water partition coefficient (Wildman–Crippen LogP) is 2.62. The molecule has 1 aliphatic rings. The SMILES string of the molecule is CCOC(=O)c1[nH]c(C)c(C(=O)OCC(=O)c2ccc3c(c2)OCCO3)c1C. The van der Waals surface area contributed by atoms with E-state index in [2.05, 4.69) is 4.98 Å². The topological polar surface area (TPSA) is 104 Å². The number of carbonyl (C=O) groups is 3. The van der Waals surface area contributed by atoms with E-state index in [4.69, 9.17) is 18.9 Å². The van der Waals surface area contributed by atoms with Crippen LogP contribution in [0.15, 0.2) is 18.2 Å². The Morgan fingerprint density at radius 2 is 1.75 bits per heavy atom. The van der Waals surface area contributed by atoms with E-state index in [1.165, 1.54) is 0 Å². The fraction of sp³-hybridized carbons (Fsp3) is 0.350. The van der Waals surface area contributed by atoms with Gasteiger partial charge in [-0.2, -0.15) is 0 Å². The number of aromatic amines is 1. The number of aryl methyl sites for hydroxylation is 1. The fourth-order valence-corrected chi connectivity index (χ4v) is 2.97. The van der Waals surface area contributed by atoms with Crippen molar-refractivity contribution in [2.45, 2.75) is 20.8 Å². The second-order valence-electron chi connectivity index (χ2n) is 6.20. The highest BCUT2D eigenvalue weighted by atomic mass is 16.6. The minimum atomic E-state index is -0.687. The molecular formula is C20H21NO7. The van der Waals surface area contributed by atoms with Crippen molar-refractivity contribution in [3.05, 3.63) is 46.3 Å². The molecule has 0 fully saturated rings. The number of hydrogen-bond donors (Lipinski definition) is 1. The van der Waals surface area contributed by atoms with Crippen molar-refractivity contribution in [3.63, 3.8) is 0 Å². The molecule has 0 saturated heterocycles. The van der Waals surface area contributed by atoms with Crippen molar-refractivity contribution in [3.8, 4) is 11.5 Å². The maximum Gasteiger partial charge on any atom is 0.355 e. The maximum atomic E-state index is 12.5. The lowest BCUT2D eigenvalue weighted by molar-refractivity contribution is 0.0473. The number of aromatic nitrogens is 1. The number of ether oxygens (including phenoxy) is 4. The first-order valence-electron chi connectivity index (χ1n) is 8.88. The molecule has 8 heteroatoms. The van der Waals surface area contributed by atoms with Crippen LogP contribution < -0.4 is 9.47 Å². The van der Waals surface area contributed by atoms with Crippen LogP contribution in [0.5, 0.6) is 11.5 Å². The summed E-state index contributed by atoms with van der Waals surface area (Å²) in [5, 5.41) is 0. The van der Waals surface area contributed by atoms with E-state index in [0.29, 0.717) is 41.5 Å². The molecule has 0 unspecified atom stereocenters. The molecule has 2 aromatic rings. The van der Waals surface area contributed by atoms with Gasteiger partial charge in [-0.15, -0.1) is 0 Å². The normalized spacial score (nSPS) is 12.4. The fourth-order valence-electron chi connectivity index (χ4n) is 2.97. The lowest BCUT2D eigenvalue weighted by atomic mass is 10.1. The van der Waals surface area contributed by atoms with Gasteiger partial charge in [0.1, 0.15) is 18.9 Å². The van der Waals surface area contributed by atoms with E-state index in [9.17, 15) is 14.4 Å². The van der Waals surface area contributed by atoms with Crippen LogP contribution >= 0.6 is 0 Å². The molecule has 0 bridgehead atoms. The summed E-state index contributed by atoms with van der Waals surface area (Å²) in [5.41, 5.74) is 1.67. The first kappa shape index (κ1) is 19.5. The zero-order valence-corrected chi connectivity index (χ0v) is 15.9. The van der Waals surface area contributed by atoms with Crippen molar-refractivity contribution >= 4 is 17.7 Å². The van der Waals surface area contributed by atoms with Crippen molar-refractivity contribution in [1.29, 1.82) is 0 Å². The smallest absolute Gasteiger partial charge is 0.355 e. The zero-order valence-electron chi connectivity index (χ0n) is 15.9. The third kappa shape index (κ3) is 3.85. The number of esters is 2. The van der Waals surface area contributed by atoms with Crippen LogP contribution in [0, 0.1) is 13.8 Å². The number of benzene rings is 1. The summed E-state index contributed by atoms with van der Waals surface area (Å²) in [7, 11) is 0. The van der Waals surface area contributed by atoms with Crippen LogP contribution in [0.2, 0.25) is 0 Å². The first-order chi connectivity index (χ1) is 13.4. The molecule has 1 N–H and O–H groups in total. The number of nitrogens with one attached hydrogen (secondary N) is 1. The van der Waals surface area contributed by atoms with Crippen LogP contribution in [0.1, 0.15) is 49.4 Å². The molecule has 0 aliphatic carbocycles. The Bertz CT molecular complexity index is 929. The summed E-state index contributed by atoms with van der Waals surface area (Å²) in [4.78, 5) is 39.6. The van der Waals surface area contributed by atoms with E-state index < -0.39 is 18.5 Å². The Morgan fingerprint density at radius 1 is 1.04 bits per heavy atom. The van der Waals surface area contributed by atoms with E-state index in [-0.39, 0.29) is 23.6 Å². The number of H-pyrrole nitrogens is 1. The van der Waals surface area contributed by atoms with Gasteiger partial charge in [0.2, 0.25) is 0 Å². The Kier molecular flexibility index (Phi) is 5.67. The summed E-state index contributed by atoms with van der Waals surface area (Å²) < 4.78 is 21.0. The summed E-state index contributed by atoms with van der Waals surface area (Å²) in [6, 6.07) is 4.81. The Morgan fingerprint density at radius 3 is 2.46 bits per heavy atom. The number of fused-ring (bicyclic) bond motifs is 1. The number of Topliss-reactive ketones (excluding diaryl/α,β-unsaturated/α-hetero) is 1. The highest BCUT2D eigenvalue weighted by Crippen LogP contribution is 2.31. The van der Waals surface area contributed by atoms with Crippen LogP contribution in [0.3, 0.4) is 0 Å². The molecule has 148 valence electrons. The van der Waals surface area contributed by atoms with E-state index in [1.807, 2.05) is 0 Å². The van der Waals surface area contributed by atoms with Crippen molar-refractivity contribution < 1.29 is 33.3 Å². The molecule has 2 heterocycles. The minimum absolute atomic E-state index is 0.199. The highest BCUT2D eigenvalue weighted by molar-refractivity contribution is 6.02. The molecule has 0 spiro atoms. The van der Waals surface area contributed by atoms with Crippen LogP contribution in [0.4, 0.5) is 0 Å². The molecule has 8 nitrogen and oxygen atoms in total. The van der Waals surface area contributed by atoms with E-state index in [1.54, 1.807) is 39.0 Å². The maximum absolute atomic E-state index is 12.5. The molecule has 0 atom stereocenters. The number of rotatable bonds is 6. The molecule has 1 aliphatic heterocycles. The summed E-state index contributed by atoms with van der Waals surface area (Å²) in [6.07, 6.45) is 0. The lowest BCUT2D eigenvalue weighted by Gasteiger charge is -2.18. The van der Waals surface area contributed by atoms with Crippen LogP contribution in [0.25, 0.3) is 0 Å². The van der Waals surface area contributed by atoms with Gasteiger partial charge in [-0.1, -0.05) is 0 Å². The van der Waals surface area contributed by atoms with Gasteiger partial charge in [0, 0.05) is 11.3 Å². The molecule has 0 radical (unpaired) electrons. The Hall–Kier alpha value is -3.29. The molecule has 1 aromatic carbocycles. The monoisotopic (exact) mass is 387 g/mol. The molecular weight excluding hydrogens is 366 g/mol. The van der Waals surface area contributed by atoms with Gasteiger partial charge in [-0.3, -0.25) is 4.79 Å². The van der Waals surface area contributed by atoms with E-state index >= 15 is 0 Å². The molecule has 28 heavy (non-hydrogen) atoms. The van der Waals surface area contributed by atoms with Gasteiger partial charge in [-0.25, -0.2) is 9.59 Å². The molecule has 0 saturated carbocycles. The second kappa shape index (κ2) is 8.16. The minimum Gasteiger partial charge on any atom is -0.486 e. The van der Waals surface area contributed by atoms with E-state index in [0.717, 1.165) is 0 Å². The van der Waals surface area contributed by atoms with Gasteiger partial charge in [-0.05, 0) is 44.5 Å². The van der Waals surface area contributed by atoms with Crippen molar-refractivity contribution in [1.82, 2.24) is 4.98 Å². The largest absolute Gasteiger partial charge is 0.486 e. The summed E-state index contributed by atoms with van der Waals surface area (Å²) in [6.45, 7) is 5.62. The molecule has 0 amide bonds. The van der Waals surface area contributed by atoms with Crippen LogP contribution in [-0.4, -0.2) is 49.1 Å². The van der Waals surface area contributed by atoms with Gasteiger partial charge in [0.25, 0.3) is 0 Å². The van der Waals surface area contributed by atoms with Crippen molar-refractivity contribution in [2.75, 3.05) is 26.4 Å². The highest BCUT2D eigenvalue weighted by Gasteiger charge is 2.24. The first-order valence-corrected chi connectivity index (χ1v) is 8.88. The Labute approximate surface area is 161 Å².